The van der Waals surface area contributed by atoms with Crippen LogP contribution in [0.3, 0.4) is 0 Å². The number of hydrogen-bond acceptors (Lipinski definition) is 5. The molecule has 0 spiro atoms. The van der Waals surface area contributed by atoms with Crippen LogP contribution in [0.4, 0.5) is 4.79 Å². The predicted octanol–water partition coefficient (Wildman–Crippen LogP) is 3.72. The number of nitrogens with zero attached hydrogens (tertiary/aromatic N) is 2. The first-order valence-corrected chi connectivity index (χ1v) is 9.84. The van der Waals surface area contributed by atoms with Crippen molar-refractivity contribution in [3.8, 4) is 11.8 Å². The summed E-state index contributed by atoms with van der Waals surface area (Å²) in [5, 5.41) is 21.0. The summed E-state index contributed by atoms with van der Waals surface area (Å²) >= 11 is 0. The summed E-state index contributed by atoms with van der Waals surface area (Å²) in [5.74, 6) is 0.601. The van der Waals surface area contributed by atoms with Gasteiger partial charge in [0.25, 0.3) is 0 Å². The predicted molar refractivity (Wildman–Crippen MR) is 106 cm³/mol. The average Bonchev–Trinajstić information content (AvgIpc) is 3.04. The zero-order valence-electron chi connectivity index (χ0n) is 16.4. The molecule has 29 heavy (non-hydrogen) atoms. The normalized spacial score (nSPS) is 25.3. The van der Waals surface area contributed by atoms with Crippen LogP contribution in [-0.2, 0) is 16.9 Å². The molecule has 0 aliphatic carbocycles. The minimum absolute atomic E-state index is 0.111. The molecule has 0 aromatic heterocycles. The lowest BCUT2D eigenvalue weighted by molar-refractivity contribution is -0.0539. The van der Waals surface area contributed by atoms with Gasteiger partial charge in [-0.25, -0.2) is 4.79 Å². The maximum Gasteiger partial charge on any atom is 0.410 e. The molecule has 2 heterocycles. The van der Waals surface area contributed by atoms with E-state index in [9.17, 15) is 15.2 Å². The Morgan fingerprint density at radius 2 is 1.90 bits per heavy atom. The molecular weight excluding hydrogens is 368 g/mol. The lowest BCUT2D eigenvalue weighted by Crippen LogP contribution is -2.52. The van der Waals surface area contributed by atoms with E-state index in [0.29, 0.717) is 29.7 Å². The van der Waals surface area contributed by atoms with E-state index < -0.39 is 5.60 Å². The lowest BCUT2D eigenvalue weighted by atomic mass is 9.78. The van der Waals surface area contributed by atoms with Gasteiger partial charge in [0, 0.05) is 30.5 Å². The molecule has 1 N–H and O–H groups in total. The van der Waals surface area contributed by atoms with Gasteiger partial charge in [0.2, 0.25) is 0 Å². The molecule has 2 saturated heterocycles. The third-order valence-electron chi connectivity index (χ3n) is 6.03. The lowest BCUT2D eigenvalue weighted by Gasteiger charge is -2.43. The first-order valence-electron chi connectivity index (χ1n) is 9.84. The van der Waals surface area contributed by atoms with Crippen LogP contribution in [0.1, 0.15) is 42.4 Å². The second-order valence-electron chi connectivity index (χ2n) is 7.80. The first-order chi connectivity index (χ1) is 14.0. The zero-order valence-corrected chi connectivity index (χ0v) is 16.4. The summed E-state index contributed by atoms with van der Waals surface area (Å²) in [5.41, 5.74) is 0.792. The molecule has 2 aliphatic rings. The average molecular weight is 392 g/mol. The van der Waals surface area contributed by atoms with Gasteiger partial charge in [0.1, 0.15) is 12.4 Å². The van der Waals surface area contributed by atoms with E-state index in [0.717, 1.165) is 18.4 Å². The zero-order chi connectivity index (χ0) is 20.4. The van der Waals surface area contributed by atoms with Crippen LogP contribution in [-0.4, -0.2) is 35.3 Å². The van der Waals surface area contributed by atoms with E-state index in [4.69, 9.17) is 9.47 Å². The quantitative estimate of drug-likeness (QED) is 0.857. The van der Waals surface area contributed by atoms with E-state index in [1.807, 2.05) is 30.3 Å². The molecular formula is C23H24N2O4. The fourth-order valence-electron chi connectivity index (χ4n) is 4.67. The Morgan fingerprint density at radius 1 is 1.21 bits per heavy atom. The van der Waals surface area contributed by atoms with E-state index in [-0.39, 0.29) is 24.8 Å². The molecule has 150 valence electrons. The summed E-state index contributed by atoms with van der Waals surface area (Å²) in [6, 6.07) is 16.7. The number of amides is 1. The van der Waals surface area contributed by atoms with Gasteiger partial charge in [-0.2, -0.15) is 5.26 Å². The summed E-state index contributed by atoms with van der Waals surface area (Å²) in [4.78, 5) is 14.5. The number of aliphatic hydroxyl groups is 1. The molecule has 1 amide bonds. The van der Waals surface area contributed by atoms with Crippen LogP contribution in [0.15, 0.2) is 48.5 Å². The molecule has 4 rings (SSSR count). The summed E-state index contributed by atoms with van der Waals surface area (Å²) in [6.07, 6.45) is 2.06. The molecule has 2 aromatic rings. The number of carbonyl (C=O) groups excluding carboxylic acids is 1. The first kappa shape index (κ1) is 19.3. The molecule has 2 bridgehead atoms. The van der Waals surface area contributed by atoms with Crippen LogP contribution < -0.4 is 4.74 Å². The molecule has 2 atom stereocenters. The number of ether oxygens (including phenoxy) is 2. The van der Waals surface area contributed by atoms with E-state index in [1.54, 1.807) is 30.2 Å². The highest BCUT2D eigenvalue weighted by molar-refractivity contribution is 5.69. The van der Waals surface area contributed by atoms with Crippen molar-refractivity contribution in [2.24, 2.45) is 0 Å². The Labute approximate surface area is 170 Å². The molecule has 0 radical (unpaired) electrons. The number of carbonyl (C=O) groups is 1. The number of hydrogen-bond donors (Lipinski definition) is 1. The van der Waals surface area contributed by atoms with Crippen LogP contribution in [0.5, 0.6) is 5.75 Å². The number of nitriles is 1. The Balaban J connectivity index is 1.52. The summed E-state index contributed by atoms with van der Waals surface area (Å²) in [7, 11) is 1.56. The van der Waals surface area contributed by atoms with E-state index in [2.05, 4.69) is 6.07 Å². The fraction of sp³-hybridized carbons (Fsp3) is 0.391. The monoisotopic (exact) mass is 392 g/mol. The van der Waals surface area contributed by atoms with Crippen LogP contribution in [0.2, 0.25) is 0 Å². The van der Waals surface area contributed by atoms with Crippen molar-refractivity contribution in [3.63, 3.8) is 0 Å². The number of piperidine rings is 1. The topological polar surface area (TPSA) is 82.8 Å². The van der Waals surface area contributed by atoms with Crippen LogP contribution in [0, 0.1) is 11.3 Å². The van der Waals surface area contributed by atoms with Gasteiger partial charge in [0.05, 0.1) is 24.3 Å². The second kappa shape index (κ2) is 7.76. The summed E-state index contributed by atoms with van der Waals surface area (Å²) < 4.78 is 10.8. The Bertz CT molecular complexity index is 924. The van der Waals surface area contributed by atoms with Crippen molar-refractivity contribution in [1.82, 2.24) is 4.90 Å². The Kier molecular flexibility index (Phi) is 5.16. The number of methoxy groups -OCH3 is 1. The Hall–Kier alpha value is -3.04. The molecule has 6 nitrogen and oxygen atoms in total. The second-order valence-corrected chi connectivity index (χ2v) is 7.80. The van der Waals surface area contributed by atoms with Crippen LogP contribution >= 0.6 is 0 Å². The number of fused-ring (bicyclic) bond motifs is 2. The highest BCUT2D eigenvalue weighted by Crippen LogP contribution is 2.47. The van der Waals surface area contributed by atoms with Gasteiger partial charge in [-0.05, 0) is 36.6 Å². The maximum absolute atomic E-state index is 12.8. The van der Waals surface area contributed by atoms with Gasteiger partial charge < -0.3 is 19.5 Å². The Morgan fingerprint density at radius 3 is 2.52 bits per heavy atom. The maximum atomic E-state index is 12.8. The van der Waals surface area contributed by atoms with E-state index in [1.165, 1.54) is 0 Å². The number of benzene rings is 2. The molecule has 2 fully saturated rings. The third kappa shape index (κ3) is 3.66. The van der Waals surface area contributed by atoms with Crippen molar-refractivity contribution >= 4 is 6.09 Å². The molecule has 2 unspecified atom stereocenters. The fourth-order valence-corrected chi connectivity index (χ4v) is 4.67. The third-order valence-corrected chi connectivity index (χ3v) is 6.03. The van der Waals surface area contributed by atoms with Crippen molar-refractivity contribution in [2.75, 3.05) is 7.11 Å². The highest BCUT2D eigenvalue weighted by Gasteiger charge is 2.51. The van der Waals surface area contributed by atoms with Crippen molar-refractivity contribution in [2.45, 2.75) is 50.0 Å². The standard InChI is InChI=1S/C23H24N2O4/c1-28-20-10-7-17(14-24)21(11-20)23(27)12-18-8-9-19(13-23)25(18)22(26)29-15-16-5-3-2-4-6-16/h2-7,10-11,18-19,27H,8-9,12-13,15H2,1H3. The highest BCUT2D eigenvalue weighted by atomic mass is 16.6. The molecule has 2 aromatic carbocycles. The number of rotatable bonds is 4. The van der Waals surface area contributed by atoms with E-state index >= 15 is 0 Å². The SMILES string of the molecule is COc1ccc(C#N)c(C2(O)CC3CCC(C2)N3C(=O)OCc2ccccc2)c1. The summed E-state index contributed by atoms with van der Waals surface area (Å²) in [6.45, 7) is 0.231. The molecule has 6 heteroatoms. The minimum Gasteiger partial charge on any atom is -0.497 e. The van der Waals surface area contributed by atoms with Gasteiger partial charge >= 0.3 is 6.09 Å². The van der Waals surface area contributed by atoms with Gasteiger partial charge in [-0.3, -0.25) is 0 Å². The van der Waals surface area contributed by atoms with Crippen molar-refractivity contribution in [1.29, 1.82) is 5.26 Å². The largest absolute Gasteiger partial charge is 0.497 e. The van der Waals surface area contributed by atoms with Gasteiger partial charge in [-0.1, -0.05) is 30.3 Å². The molecule has 0 saturated carbocycles. The van der Waals surface area contributed by atoms with Crippen molar-refractivity contribution in [3.05, 3.63) is 65.2 Å². The van der Waals surface area contributed by atoms with Gasteiger partial charge in [0.15, 0.2) is 0 Å². The van der Waals surface area contributed by atoms with Crippen molar-refractivity contribution < 1.29 is 19.4 Å². The molecule has 2 aliphatic heterocycles. The smallest absolute Gasteiger partial charge is 0.410 e. The van der Waals surface area contributed by atoms with Gasteiger partial charge in [-0.15, -0.1) is 0 Å². The minimum atomic E-state index is -1.17. The van der Waals surface area contributed by atoms with Crippen LogP contribution in [0.25, 0.3) is 0 Å².